The molecule has 2 rings (SSSR count). The first-order valence-corrected chi connectivity index (χ1v) is 12.1. The van der Waals surface area contributed by atoms with Crippen LogP contribution < -0.4 is 25.3 Å². The molecule has 1 unspecified atom stereocenters. The van der Waals surface area contributed by atoms with E-state index in [9.17, 15) is 9.59 Å². The molecule has 0 radical (unpaired) electrons. The second-order valence-electron chi connectivity index (χ2n) is 9.74. The van der Waals surface area contributed by atoms with Gasteiger partial charge in [0.05, 0.1) is 21.3 Å². The van der Waals surface area contributed by atoms with Gasteiger partial charge in [-0.3, -0.25) is 9.59 Å². The Kier molecular flexibility index (Phi) is 9.99. The first-order valence-electron chi connectivity index (χ1n) is 12.1. The second-order valence-corrected chi connectivity index (χ2v) is 9.74. The molecule has 192 valence electrons. The van der Waals surface area contributed by atoms with Crippen LogP contribution in [0.2, 0.25) is 0 Å². The summed E-state index contributed by atoms with van der Waals surface area (Å²) < 4.78 is 16.7. The van der Waals surface area contributed by atoms with Crippen molar-refractivity contribution in [1.29, 1.82) is 0 Å². The fraction of sp³-hybridized carbons (Fsp3) is 0.500. The summed E-state index contributed by atoms with van der Waals surface area (Å²) in [5.41, 5.74) is 8.05. The molecule has 0 spiro atoms. The molecule has 0 aliphatic heterocycles. The first kappa shape index (κ1) is 28.0. The zero-order chi connectivity index (χ0) is 26.2. The lowest BCUT2D eigenvalue weighted by atomic mass is 9.84. The van der Waals surface area contributed by atoms with Gasteiger partial charge in [-0.1, -0.05) is 59.1 Å². The lowest BCUT2D eigenvalue weighted by molar-refractivity contribution is -0.116. The van der Waals surface area contributed by atoms with Gasteiger partial charge in [-0.15, -0.1) is 0 Å². The molecule has 2 aromatic rings. The maximum absolute atomic E-state index is 13.3. The fourth-order valence-corrected chi connectivity index (χ4v) is 4.33. The predicted molar refractivity (Wildman–Crippen MR) is 140 cm³/mol. The van der Waals surface area contributed by atoms with E-state index in [0.717, 1.165) is 36.8 Å². The van der Waals surface area contributed by atoms with Gasteiger partial charge in [-0.25, -0.2) is 0 Å². The maximum atomic E-state index is 13.3. The summed E-state index contributed by atoms with van der Waals surface area (Å²) in [6, 6.07) is 8.99. The number of methoxy groups -OCH3 is 3. The minimum atomic E-state index is -0.534. The zero-order valence-electron chi connectivity index (χ0n) is 22.1. The molecule has 3 N–H and O–H groups in total. The summed E-state index contributed by atoms with van der Waals surface area (Å²) in [7, 11) is 4.74. The van der Waals surface area contributed by atoms with Gasteiger partial charge in [-0.2, -0.15) is 0 Å². The van der Waals surface area contributed by atoms with Crippen molar-refractivity contribution < 1.29 is 23.8 Å². The Morgan fingerprint density at radius 3 is 2.20 bits per heavy atom. The van der Waals surface area contributed by atoms with Crippen molar-refractivity contribution in [2.45, 2.75) is 71.1 Å². The van der Waals surface area contributed by atoms with E-state index in [4.69, 9.17) is 19.9 Å². The molecule has 0 bridgehead atoms. The molecule has 1 atom stereocenters. The Morgan fingerprint density at radius 2 is 1.66 bits per heavy atom. The van der Waals surface area contributed by atoms with Crippen molar-refractivity contribution in [3.8, 4) is 17.2 Å². The normalized spacial score (nSPS) is 12.1. The predicted octanol–water partition coefficient (Wildman–Crippen LogP) is 5.80. The Bertz CT molecular complexity index is 1030. The Balaban J connectivity index is 2.42. The molecule has 0 saturated carbocycles. The quantitative estimate of drug-likeness (QED) is 0.371. The van der Waals surface area contributed by atoms with Gasteiger partial charge in [0.25, 0.3) is 0 Å². The van der Waals surface area contributed by atoms with Crippen LogP contribution in [0.5, 0.6) is 17.2 Å². The number of anilines is 1. The molecular formula is C28H40N2O5. The molecule has 0 aliphatic carbocycles. The SMILES string of the molecule is CCCCCC(CC(=O)Nc1cc(C(N)=O)ccc1C(C)(C)C)c1ccc(OC)c(OC)c1OC. The minimum Gasteiger partial charge on any atom is -0.493 e. The van der Waals surface area contributed by atoms with E-state index in [2.05, 4.69) is 33.0 Å². The van der Waals surface area contributed by atoms with Crippen LogP contribution in [0.25, 0.3) is 0 Å². The van der Waals surface area contributed by atoms with Crippen LogP contribution in [-0.2, 0) is 10.2 Å². The molecule has 0 aliphatic rings. The summed E-state index contributed by atoms with van der Waals surface area (Å²) in [6.07, 6.45) is 4.20. The number of primary amides is 1. The highest BCUT2D eigenvalue weighted by Crippen LogP contribution is 2.44. The Morgan fingerprint density at radius 1 is 0.971 bits per heavy atom. The molecule has 2 amide bonds. The topological polar surface area (TPSA) is 99.9 Å². The molecule has 7 heteroatoms. The van der Waals surface area contributed by atoms with Crippen LogP contribution >= 0.6 is 0 Å². The van der Waals surface area contributed by atoms with Gasteiger partial charge >= 0.3 is 0 Å². The van der Waals surface area contributed by atoms with E-state index in [1.807, 2.05) is 18.2 Å². The van der Waals surface area contributed by atoms with Gasteiger partial charge < -0.3 is 25.3 Å². The van der Waals surface area contributed by atoms with Crippen LogP contribution in [0.1, 0.15) is 87.2 Å². The molecular weight excluding hydrogens is 444 g/mol. The number of carbonyl (C=O) groups excluding carboxylic acids is 2. The monoisotopic (exact) mass is 484 g/mol. The second kappa shape index (κ2) is 12.5. The van der Waals surface area contributed by atoms with Crippen molar-refractivity contribution in [2.75, 3.05) is 26.6 Å². The number of nitrogens with two attached hydrogens (primary N) is 1. The number of nitrogens with one attached hydrogen (secondary N) is 1. The average molecular weight is 485 g/mol. The van der Waals surface area contributed by atoms with Gasteiger partial charge in [0, 0.05) is 23.2 Å². The maximum Gasteiger partial charge on any atom is 0.248 e. The lowest BCUT2D eigenvalue weighted by Gasteiger charge is -2.25. The Hall–Kier alpha value is -3.22. The van der Waals surface area contributed by atoms with E-state index in [1.165, 1.54) is 0 Å². The van der Waals surface area contributed by atoms with Gasteiger partial charge in [0.2, 0.25) is 17.6 Å². The van der Waals surface area contributed by atoms with Crippen LogP contribution in [0, 0.1) is 0 Å². The molecule has 35 heavy (non-hydrogen) atoms. The summed E-state index contributed by atoms with van der Waals surface area (Å²) in [6.45, 7) is 8.33. The van der Waals surface area contributed by atoms with Crippen molar-refractivity contribution in [1.82, 2.24) is 0 Å². The number of benzene rings is 2. The average Bonchev–Trinajstić information content (AvgIpc) is 2.81. The number of carbonyl (C=O) groups is 2. The van der Waals surface area contributed by atoms with Gasteiger partial charge in [0.1, 0.15) is 0 Å². The third-order valence-corrected chi connectivity index (χ3v) is 6.15. The van der Waals surface area contributed by atoms with E-state index >= 15 is 0 Å². The molecule has 0 aromatic heterocycles. The largest absolute Gasteiger partial charge is 0.493 e. The van der Waals surface area contributed by atoms with E-state index < -0.39 is 5.91 Å². The van der Waals surface area contributed by atoms with Gasteiger partial charge in [0.15, 0.2) is 11.5 Å². The lowest BCUT2D eigenvalue weighted by Crippen LogP contribution is -2.22. The molecule has 0 fully saturated rings. The zero-order valence-corrected chi connectivity index (χ0v) is 22.1. The number of unbranched alkanes of at least 4 members (excludes halogenated alkanes) is 2. The van der Waals surface area contributed by atoms with E-state index in [0.29, 0.717) is 28.5 Å². The van der Waals surface area contributed by atoms with Crippen molar-refractivity contribution in [3.63, 3.8) is 0 Å². The summed E-state index contributed by atoms with van der Waals surface area (Å²) in [5.74, 6) is 0.894. The standard InChI is InChI=1S/C28H40N2O5/c1-8-9-10-11-18(20-13-15-23(33-5)26(35-7)25(20)34-6)17-24(31)30-22-16-19(27(29)32)12-14-21(22)28(2,3)4/h12-16,18H,8-11,17H2,1-7H3,(H2,29,32)(H,30,31). The van der Waals surface area contributed by atoms with Crippen molar-refractivity contribution >= 4 is 17.5 Å². The third-order valence-electron chi connectivity index (χ3n) is 6.15. The number of rotatable bonds is 12. The first-order chi connectivity index (χ1) is 16.6. The molecule has 7 nitrogen and oxygen atoms in total. The fourth-order valence-electron chi connectivity index (χ4n) is 4.33. The highest BCUT2D eigenvalue weighted by atomic mass is 16.5. The highest BCUT2D eigenvalue weighted by Gasteiger charge is 2.26. The van der Waals surface area contributed by atoms with Crippen molar-refractivity contribution in [2.24, 2.45) is 5.73 Å². The number of ether oxygens (including phenoxy) is 3. The number of hydrogen-bond acceptors (Lipinski definition) is 5. The molecule has 0 saturated heterocycles. The van der Waals surface area contributed by atoms with Crippen molar-refractivity contribution in [3.05, 3.63) is 47.0 Å². The van der Waals surface area contributed by atoms with E-state index in [-0.39, 0.29) is 23.7 Å². The third kappa shape index (κ3) is 7.13. The number of hydrogen-bond donors (Lipinski definition) is 2. The van der Waals surface area contributed by atoms with Crippen LogP contribution in [0.15, 0.2) is 30.3 Å². The van der Waals surface area contributed by atoms with Crippen LogP contribution in [0.4, 0.5) is 5.69 Å². The summed E-state index contributed by atoms with van der Waals surface area (Å²) in [5, 5.41) is 3.05. The van der Waals surface area contributed by atoms with Gasteiger partial charge in [-0.05, 0) is 41.5 Å². The summed E-state index contributed by atoms with van der Waals surface area (Å²) >= 11 is 0. The molecule has 0 heterocycles. The van der Waals surface area contributed by atoms with E-state index in [1.54, 1.807) is 33.5 Å². The Labute approximate surface area is 209 Å². The highest BCUT2D eigenvalue weighted by molar-refractivity contribution is 5.97. The van der Waals surface area contributed by atoms with Crippen LogP contribution in [-0.4, -0.2) is 33.1 Å². The smallest absolute Gasteiger partial charge is 0.248 e. The minimum absolute atomic E-state index is 0.0892. The molecule has 2 aromatic carbocycles. The van der Waals surface area contributed by atoms with Crippen LogP contribution in [0.3, 0.4) is 0 Å². The summed E-state index contributed by atoms with van der Waals surface area (Å²) in [4.78, 5) is 25.1. The number of amides is 2.